The number of ether oxygens (including phenoxy) is 3. The molecule has 160 valence electrons. The number of imide groups is 1. The third-order valence-electron chi connectivity index (χ3n) is 4.64. The van der Waals surface area contributed by atoms with E-state index in [9.17, 15) is 19.5 Å². The first-order chi connectivity index (χ1) is 15.0. The summed E-state index contributed by atoms with van der Waals surface area (Å²) in [6.07, 6.45) is 1.61. The van der Waals surface area contributed by atoms with Gasteiger partial charge in [0.15, 0.2) is 11.5 Å². The molecule has 9 nitrogen and oxygen atoms in total. The van der Waals surface area contributed by atoms with E-state index in [2.05, 4.69) is 5.32 Å². The Bertz CT molecular complexity index is 1100. The minimum absolute atomic E-state index is 0.00576. The molecule has 0 radical (unpaired) electrons. The van der Waals surface area contributed by atoms with Crippen LogP contribution >= 0.6 is 11.8 Å². The van der Waals surface area contributed by atoms with Crippen molar-refractivity contribution in [3.8, 4) is 23.0 Å². The first-order valence-electron chi connectivity index (χ1n) is 9.26. The number of aromatic hydroxyl groups is 1. The molecule has 2 aliphatic heterocycles. The van der Waals surface area contributed by atoms with Crippen LogP contribution in [0.3, 0.4) is 0 Å². The average Bonchev–Trinajstić information content (AvgIpc) is 3.32. The van der Waals surface area contributed by atoms with Crippen molar-refractivity contribution in [2.75, 3.05) is 27.0 Å². The van der Waals surface area contributed by atoms with E-state index < -0.39 is 17.1 Å². The number of fused-ring (bicyclic) bond motifs is 1. The minimum atomic E-state index is -0.525. The number of hydrogen-bond acceptors (Lipinski definition) is 8. The molecule has 0 saturated carbocycles. The molecule has 2 heterocycles. The molecule has 10 heteroatoms. The molecule has 2 aromatic rings. The second-order valence-corrected chi connectivity index (χ2v) is 7.58. The van der Waals surface area contributed by atoms with Gasteiger partial charge >= 0.3 is 0 Å². The molecule has 1 saturated heterocycles. The summed E-state index contributed by atoms with van der Waals surface area (Å²) in [6, 6.07) is 9.54. The fraction of sp³-hybridized carbons (Fsp3) is 0.190. The predicted octanol–water partition coefficient (Wildman–Crippen LogP) is 2.60. The molecular formula is C21H18N2O7S. The van der Waals surface area contributed by atoms with Crippen LogP contribution in [-0.2, 0) is 4.79 Å². The van der Waals surface area contributed by atoms with Gasteiger partial charge in [0, 0.05) is 19.2 Å². The number of carbonyl (C=O) groups excluding carboxylic acids is 3. The van der Waals surface area contributed by atoms with Crippen LogP contribution in [0.15, 0.2) is 41.3 Å². The number of nitrogens with one attached hydrogen (secondary N) is 1. The maximum atomic E-state index is 12.6. The van der Waals surface area contributed by atoms with Crippen molar-refractivity contribution in [3.63, 3.8) is 0 Å². The number of nitrogens with zero attached hydrogens (tertiary/aromatic N) is 1. The summed E-state index contributed by atoms with van der Waals surface area (Å²) < 4.78 is 15.6. The maximum Gasteiger partial charge on any atom is 0.293 e. The van der Waals surface area contributed by atoms with Crippen LogP contribution in [0.1, 0.15) is 15.9 Å². The van der Waals surface area contributed by atoms with Crippen molar-refractivity contribution in [3.05, 3.63) is 52.4 Å². The fourth-order valence-electron chi connectivity index (χ4n) is 3.05. The van der Waals surface area contributed by atoms with Gasteiger partial charge in [0.1, 0.15) is 11.5 Å². The van der Waals surface area contributed by atoms with Crippen LogP contribution in [0, 0.1) is 0 Å². The summed E-state index contributed by atoms with van der Waals surface area (Å²) in [4.78, 5) is 38.5. The number of methoxy groups -OCH3 is 1. The highest BCUT2D eigenvalue weighted by atomic mass is 32.2. The van der Waals surface area contributed by atoms with Crippen LogP contribution in [-0.4, -0.2) is 54.1 Å². The van der Waals surface area contributed by atoms with Crippen molar-refractivity contribution in [2.24, 2.45) is 0 Å². The Morgan fingerprint density at radius 3 is 2.81 bits per heavy atom. The highest BCUT2D eigenvalue weighted by Crippen LogP contribution is 2.36. The van der Waals surface area contributed by atoms with E-state index in [1.165, 1.54) is 19.2 Å². The van der Waals surface area contributed by atoms with E-state index in [4.69, 9.17) is 14.2 Å². The summed E-state index contributed by atoms with van der Waals surface area (Å²) in [5.41, 5.74) is 0.774. The molecule has 4 rings (SSSR count). The van der Waals surface area contributed by atoms with Gasteiger partial charge in [-0.25, -0.2) is 0 Å². The maximum absolute atomic E-state index is 12.6. The molecular weight excluding hydrogens is 424 g/mol. The lowest BCUT2D eigenvalue weighted by molar-refractivity contribution is -0.122. The van der Waals surface area contributed by atoms with Gasteiger partial charge in [0.25, 0.3) is 17.1 Å². The van der Waals surface area contributed by atoms with Crippen molar-refractivity contribution < 1.29 is 33.7 Å². The number of phenolic OH excluding ortho intramolecular Hbond substituents is 1. The predicted molar refractivity (Wildman–Crippen MR) is 112 cm³/mol. The number of benzene rings is 2. The standard InChI is InChI=1S/C21H18N2O7S/c1-28-13-3-4-14(15(24)10-13)19(25)22-6-7-23-20(26)18(31-21(23)27)9-12-2-5-16-17(8-12)30-11-29-16/h2-5,8-10,24H,6-7,11H2,1H3,(H,22,25)/b18-9-. The molecule has 0 aromatic heterocycles. The summed E-state index contributed by atoms with van der Waals surface area (Å²) in [7, 11) is 1.45. The third-order valence-corrected chi connectivity index (χ3v) is 5.55. The lowest BCUT2D eigenvalue weighted by Gasteiger charge is -2.13. The Hall–Kier alpha value is -3.66. The molecule has 0 unspecified atom stereocenters. The Morgan fingerprint density at radius 1 is 1.23 bits per heavy atom. The average molecular weight is 442 g/mol. The molecule has 0 spiro atoms. The van der Waals surface area contributed by atoms with Crippen LogP contribution < -0.4 is 19.5 Å². The molecule has 0 aliphatic carbocycles. The first kappa shape index (κ1) is 20.6. The van der Waals surface area contributed by atoms with E-state index in [-0.39, 0.29) is 36.1 Å². The van der Waals surface area contributed by atoms with E-state index in [1.807, 2.05) is 0 Å². The highest BCUT2D eigenvalue weighted by Gasteiger charge is 2.34. The molecule has 31 heavy (non-hydrogen) atoms. The van der Waals surface area contributed by atoms with Crippen LogP contribution in [0.25, 0.3) is 6.08 Å². The zero-order chi connectivity index (χ0) is 22.0. The summed E-state index contributed by atoms with van der Waals surface area (Å²) in [5.74, 6) is 0.439. The summed E-state index contributed by atoms with van der Waals surface area (Å²) in [6.45, 7) is 0.195. The molecule has 2 N–H and O–H groups in total. The normalized spacial score (nSPS) is 16.2. The SMILES string of the molecule is COc1ccc(C(=O)NCCN2C(=O)S/C(=C\c3ccc4c(c3)OCO4)C2=O)c(O)c1. The quantitative estimate of drug-likeness (QED) is 0.656. The molecule has 3 amide bonds. The monoisotopic (exact) mass is 442 g/mol. The zero-order valence-corrected chi connectivity index (χ0v) is 17.2. The molecule has 2 aliphatic rings. The largest absolute Gasteiger partial charge is 0.507 e. The molecule has 0 bridgehead atoms. The van der Waals surface area contributed by atoms with Gasteiger partial charge in [0.05, 0.1) is 17.6 Å². The Kier molecular flexibility index (Phi) is 5.72. The molecule has 0 atom stereocenters. The topological polar surface area (TPSA) is 114 Å². The van der Waals surface area contributed by atoms with Gasteiger partial charge in [-0.3, -0.25) is 19.3 Å². The van der Waals surface area contributed by atoms with E-state index >= 15 is 0 Å². The van der Waals surface area contributed by atoms with E-state index in [0.29, 0.717) is 22.8 Å². The summed E-state index contributed by atoms with van der Waals surface area (Å²) >= 11 is 0.832. The van der Waals surface area contributed by atoms with Gasteiger partial charge in [-0.05, 0) is 47.7 Å². The van der Waals surface area contributed by atoms with Crippen molar-refractivity contribution in [1.82, 2.24) is 10.2 Å². The number of rotatable bonds is 6. The van der Waals surface area contributed by atoms with Crippen LogP contribution in [0.2, 0.25) is 0 Å². The number of amides is 3. The van der Waals surface area contributed by atoms with E-state index in [1.54, 1.807) is 30.3 Å². The van der Waals surface area contributed by atoms with Gasteiger partial charge in [-0.15, -0.1) is 0 Å². The van der Waals surface area contributed by atoms with Crippen molar-refractivity contribution in [2.45, 2.75) is 0 Å². The number of hydrogen-bond donors (Lipinski definition) is 2. The van der Waals surface area contributed by atoms with Crippen molar-refractivity contribution >= 4 is 34.9 Å². The fourth-order valence-corrected chi connectivity index (χ4v) is 3.92. The highest BCUT2D eigenvalue weighted by molar-refractivity contribution is 8.18. The van der Waals surface area contributed by atoms with Crippen LogP contribution in [0.5, 0.6) is 23.0 Å². The van der Waals surface area contributed by atoms with Crippen molar-refractivity contribution in [1.29, 1.82) is 0 Å². The second-order valence-electron chi connectivity index (χ2n) is 6.59. The lowest BCUT2D eigenvalue weighted by atomic mass is 10.2. The van der Waals surface area contributed by atoms with Crippen LogP contribution in [0.4, 0.5) is 4.79 Å². The first-order valence-corrected chi connectivity index (χ1v) is 10.1. The molecule has 1 fully saturated rings. The second kappa shape index (κ2) is 8.60. The third kappa shape index (κ3) is 4.29. The van der Waals surface area contributed by atoms with E-state index in [0.717, 1.165) is 16.7 Å². The van der Waals surface area contributed by atoms with Gasteiger partial charge < -0.3 is 24.6 Å². The Labute approximate surface area is 181 Å². The number of phenols is 1. The Morgan fingerprint density at radius 2 is 2.03 bits per heavy atom. The van der Waals surface area contributed by atoms with Gasteiger partial charge in [-0.1, -0.05) is 6.07 Å². The zero-order valence-electron chi connectivity index (χ0n) is 16.4. The lowest BCUT2D eigenvalue weighted by Crippen LogP contribution is -2.37. The van der Waals surface area contributed by atoms with Gasteiger partial charge in [0.2, 0.25) is 6.79 Å². The smallest absolute Gasteiger partial charge is 0.293 e. The summed E-state index contributed by atoms with van der Waals surface area (Å²) in [5, 5.41) is 12.1. The Balaban J connectivity index is 1.37. The molecule has 2 aromatic carbocycles. The van der Waals surface area contributed by atoms with Gasteiger partial charge in [-0.2, -0.15) is 0 Å². The number of thioether (sulfide) groups is 1. The minimum Gasteiger partial charge on any atom is -0.507 e. The number of carbonyl (C=O) groups is 3.